The molecule has 0 aromatic rings. The Morgan fingerprint density at radius 1 is 0.773 bits per heavy atom. The molecule has 0 aromatic heterocycles. The van der Waals surface area contributed by atoms with Crippen LogP contribution >= 0.6 is 0 Å². The van der Waals surface area contributed by atoms with Gasteiger partial charge in [-0.05, 0) is 12.8 Å². The Labute approximate surface area is 159 Å². The second kappa shape index (κ2) is 16.7. The Morgan fingerprint density at radius 3 is 1.59 bits per heavy atom. The van der Waals surface area contributed by atoms with E-state index in [-0.39, 0.29) is 41.7 Å². The summed E-state index contributed by atoms with van der Waals surface area (Å²) in [4.78, 5) is 0. The molecular formula is C16H35NaO4S. The van der Waals surface area contributed by atoms with Gasteiger partial charge in [-0.3, -0.25) is 4.55 Å². The fourth-order valence-electron chi connectivity index (χ4n) is 2.47. The molecule has 0 spiro atoms. The van der Waals surface area contributed by atoms with Gasteiger partial charge in [0.25, 0.3) is 10.1 Å². The van der Waals surface area contributed by atoms with Gasteiger partial charge < -0.3 is 5.11 Å². The minimum atomic E-state index is -3.93. The van der Waals surface area contributed by atoms with Crippen molar-refractivity contribution in [2.24, 2.45) is 0 Å². The van der Waals surface area contributed by atoms with Crippen molar-refractivity contribution in [2.45, 2.75) is 96.5 Å². The molecule has 130 valence electrons. The molecule has 0 aromatic carbocycles. The van der Waals surface area contributed by atoms with Crippen molar-refractivity contribution in [3.05, 3.63) is 0 Å². The molecule has 0 saturated carbocycles. The maximum atomic E-state index is 10.5. The van der Waals surface area contributed by atoms with Gasteiger partial charge in [0.15, 0.2) is 0 Å². The van der Waals surface area contributed by atoms with Crippen molar-refractivity contribution >= 4 is 39.7 Å². The molecular weight excluding hydrogens is 311 g/mol. The minimum absolute atomic E-state index is 0. The fraction of sp³-hybridized carbons (Fsp3) is 1.00. The zero-order valence-corrected chi connectivity index (χ0v) is 14.4. The summed E-state index contributed by atoms with van der Waals surface area (Å²) in [5.41, 5.74) is 0. The standard InChI is InChI=1S/C16H34O4S.Na.H/c1-2-3-4-5-6-7-8-9-10-11-12-13-16(17)14-15-21(18,19)20;;/h16-17H,2-15H2,1H3,(H,18,19,20);;. The summed E-state index contributed by atoms with van der Waals surface area (Å²) in [7, 11) is -3.93. The van der Waals surface area contributed by atoms with E-state index in [0.29, 0.717) is 6.42 Å². The van der Waals surface area contributed by atoms with Crippen LogP contribution in [0.5, 0.6) is 0 Å². The van der Waals surface area contributed by atoms with Gasteiger partial charge in [0.1, 0.15) is 0 Å². The van der Waals surface area contributed by atoms with E-state index < -0.39 is 16.2 Å². The molecule has 4 nitrogen and oxygen atoms in total. The first-order valence-corrected chi connectivity index (χ1v) is 10.2. The van der Waals surface area contributed by atoms with E-state index in [0.717, 1.165) is 12.8 Å². The van der Waals surface area contributed by atoms with Gasteiger partial charge in [-0.2, -0.15) is 8.42 Å². The first-order valence-electron chi connectivity index (χ1n) is 8.59. The average molecular weight is 347 g/mol. The predicted molar refractivity (Wildman–Crippen MR) is 95.3 cm³/mol. The van der Waals surface area contributed by atoms with Gasteiger partial charge >= 0.3 is 29.6 Å². The zero-order valence-electron chi connectivity index (χ0n) is 13.6. The third-order valence-corrected chi connectivity index (χ3v) is 4.60. The van der Waals surface area contributed by atoms with Gasteiger partial charge in [0.05, 0.1) is 11.9 Å². The number of hydrogen-bond donors (Lipinski definition) is 2. The number of aliphatic hydroxyl groups excluding tert-OH is 1. The first kappa shape index (κ1) is 25.1. The van der Waals surface area contributed by atoms with E-state index in [1.165, 1.54) is 57.8 Å². The van der Waals surface area contributed by atoms with Crippen LogP contribution in [0.2, 0.25) is 0 Å². The molecule has 0 amide bonds. The van der Waals surface area contributed by atoms with Crippen LogP contribution in [-0.4, -0.2) is 59.5 Å². The van der Waals surface area contributed by atoms with Crippen molar-refractivity contribution in [3.8, 4) is 0 Å². The van der Waals surface area contributed by atoms with Gasteiger partial charge in [0, 0.05) is 0 Å². The van der Waals surface area contributed by atoms with E-state index in [2.05, 4.69) is 6.92 Å². The van der Waals surface area contributed by atoms with E-state index in [1.54, 1.807) is 0 Å². The molecule has 0 heterocycles. The molecule has 2 N–H and O–H groups in total. The SMILES string of the molecule is CCCCCCCCCCCCCC(O)CCS(=O)(=O)O.[NaH]. The van der Waals surface area contributed by atoms with Crippen LogP contribution < -0.4 is 0 Å². The van der Waals surface area contributed by atoms with Crippen molar-refractivity contribution in [3.63, 3.8) is 0 Å². The molecule has 22 heavy (non-hydrogen) atoms. The van der Waals surface area contributed by atoms with Gasteiger partial charge in [-0.1, -0.05) is 77.6 Å². The topological polar surface area (TPSA) is 74.6 Å². The number of aliphatic hydroxyl groups is 1. The Kier molecular flexibility index (Phi) is 19.1. The van der Waals surface area contributed by atoms with Crippen molar-refractivity contribution < 1.29 is 18.1 Å². The van der Waals surface area contributed by atoms with Crippen LogP contribution in [0.1, 0.15) is 90.4 Å². The van der Waals surface area contributed by atoms with Crippen LogP contribution in [0.15, 0.2) is 0 Å². The average Bonchev–Trinajstić information content (AvgIpc) is 2.42. The first-order chi connectivity index (χ1) is 9.95. The maximum absolute atomic E-state index is 10.5. The molecule has 0 radical (unpaired) electrons. The summed E-state index contributed by atoms with van der Waals surface area (Å²) in [5.74, 6) is -0.341. The molecule has 0 saturated heterocycles. The van der Waals surface area contributed by atoms with Gasteiger partial charge in [-0.15, -0.1) is 0 Å². The summed E-state index contributed by atoms with van der Waals surface area (Å²) in [5, 5.41) is 9.58. The van der Waals surface area contributed by atoms with Crippen LogP contribution in [0.4, 0.5) is 0 Å². The monoisotopic (exact) mass is 346 g/mol. The summed E-state index contributed by atoms with van der Waals surface area (Å²) in [6.45, 7) is 2.24. The molecule has 0 fully saturated rings. The van der Waals surface area contributed by atoms with Gasteiger partial charge in [0.2, 0.25) is 0 Å². The molecule has 0 aliphatic rings. The predicted octanol–water partition coefficient (Wildman–Crippen LogP) is 3.68. The summed E-state index contributed by atoms with van der Waals surface area (Å²) < 4.78 is 29.7. The van der Waals surface area contributed by atoms with Gasteiger partial charge in [-0.25, -0.2) is 0 Å². The summed E-state index contributed by atoms with van der Waals surface area (Å²) in [6.07, 6.45) is 14.0. The van der Waals surface area contributed by atoms with Crippen molar-refractivity contribution in [1.82, 2.24) is 0 Å². The second-order valence-corrected chi connectivity index (χ2v) is 7.62. The number of unbranched alkanes of at least 4 members (excludes halogenated alkanes) is 10. The van der Waals surface area contributed by atoms with E-state index in [9.17, 15) is 13.5 Å². The molecule has 0 aliphatic heterocycles. The molecule has 1 unspecified atom stereocenters. The van der Waals surface area contributed by atoms with Crippen LogP contribution in [0, 0.1) is 0 Å². The molecule has 1 atom stereocenters. The Bertz CT molecular complexity index is 320. The van der Waals surface area contributed by atoms with Crippen molar-refractivity contribution in [2.75, 3.05) is 5.75 Å². The number of rotatable bonds is 15. The van der Waals surface area contributed by atoms with Crippen LogP contribution in [0.25, 0.3) is 0 Å². The Morgan fingerprint density at radius 2 is 1.18 bits per heavy atom. The third-order valence-electron chi connectivity index (χ3n) is 3.85. The molecule has 0 aliphatic carbocycles. The fourth-order valence-corrected chi connectivity index (χ4v) is 3.04. The van der Waals surface area contributed by atoms with E-state index >= 15 is 0 Å². The Balaban J connectivity index is 0. The molecule has 0 bridgehead atoms. The van der Waals surface area contributed by atoms with Crippen LogP contribution in [0.3, 0.4) is 0 Å². The Hall–Kier alpha value is 0.870. The number of hydrogen-bond acceptors (Lipinski definition) is 3. The quantitative estimate of drug-likeness (QED) is 0.269. The van der Waals surface area contributed by atoms with Crippen LogP contribution in [-0.2, 0) is 10.1 Å². The zero-order chi connectivity index (χ0) is 16.0. The van der Waals surface area contributed by atoms with E-state index in [1.807, 2.05) is 0 Å². The van der Waals surface area contributed by atoms with Crippen molar-refractivity contribution in [1.29, 1.82) is 0 Å². The second-order valence-electron chi connectivity index (χ2n) is 6.05. The van der Waals surface area contributed by atoms with E-state index in [4.69, 9.17) is 4.55 Å². The molecule has 6 heteroatoms. The third kappa shape index (κ3) is 20.9. The summed E-state index contributed by atoms with van der Waals surface area (Å²) >= 11 is 0. The molecule has 0 rings (SSSR count). The summed E-state index contributed by atoms with van der Waals surface area (Å²) in [6, 6.07) is 0. The normalized spacial score (nSPS) is 12.9.